The zero-order valence-corrected chi connectivity index (χ0v) is 9.24. The molecule has 0 aliphatic heterocycles. The minimum atomic E-state index is 0.413. The molecule has 0 saturated carbocycles. The third-order valence-electron chi connectivity index (χ3n) is 0.494. The molecule has 0 fully saturated rings. The maximum atomic E-state index is 2.90. The third-order valence-corrected chi connectivity index (χ3v) is 1.78. The van der Waals surface area contributed by atoms with E-state index < -0.39 is 0 Å². The van der Waals surface area contributed by atoms with E-state index in [-0.39, 0.29) is 0 Å². The van der Waals surface area contributed by atoms with Crippen LogP contribution in [0.25, 0.3) is 0 Å². The molecule has 0 bridgehead atoms. The standard InChI is InChI=1S/C8H6Se2/c1-9-7-5-3-4-6-8-10-2/h1-2H3. The molecular formula is C8H6Se2. The Hall–Kier alpha value is -0.281. The second-order valence-corrected chi connectivity index (χ2v) is 3.68. The van der Waals surface area contributed by atoms with E-state index in [1.165, 1.54) is 0 Å². The Bertz CT molecular complexity index is 220. The van der Waals surface area contributed by atoms with Gasteiger partial charge in [-0.2, -0.15) is 0 Å². The van der Waals surface area contributed by atoms with Gasteiger partial charge in [0.05, 0.1) is 0 Å². The van der Waals surface area contributed by atoms with Gasteiger partial charge in [-0.25, -0.2) is 0 Å². The normalized spacial score (nSPS) is 5.40. The molecule has 0 aliphatic rings. The van der Waals surface area contributed by atoms with Crippen molar-refractivity contribution >= 4 is 29.9 Å². The first-order valence-electron chi connectivity index (χ1n) is 2.47. The monoisotopic (exact) mass is 262 g/mol. The van der Waals surface area contributed by atoms with E-state index in [0.29, 0.717) is 29.9 Å². The fourth-order valence-corrected chi connectivity index (χ4v) is 0.858. The molecule has 0 radical (unpaired) electrons. The van der Waals surface area contributed by atoms with Crippen LogP contribution in [0.15, 0.2) is 0 Å². The zero-order chi connectivity index (χ0) is 7.66. The predicted molar refractivity (Wildman–Crippen MR) is 46.6 cm³/mol. The van der Waals surface area contributed by atoms with Crippen LogP contribution in [-0.4, -0.2) is 29.9 Å². The molecule has 0 atom stereocenters. The quantitative estimate of drug-likeness (QED) is 0.437. The average molecular weight is 260 g/mol. The molecule has 2 heteroatoms. The fourth-order valence-electron chi connectivity index (χ4n) is 0.216. The van der Waals surface area contributed by atoms with Gasteiger partial charge in [0.25, 0.3) is 0 Å². The Balaban J connectivity index is 3.70. The van der Waals surface area contributed by atoms with E-state index in [1.807, 2.05) is 0 Å². The summed E-state index contributed by atoms with van der Waals surface area (Å²) in [6.45, 7) is 0. The van der Waals surface area contributed by atoms with Crippen molar-refractivity contribution in [1.82, 2.24) is 0 Å². The van der Waals surface area contributed by atoms with Gasteiger partial charge in [-0.1, -0.05) is 0 Å². The van der Waals surface area contributed by atoms with Crippen LogP contribution >= 0.6 is 0 Å². The molecule has 0 rings (SSSR count). The molecule has 0 aromatic carbocycles. The van der Waals surface area contributed by atoms with Crippen molar-refractivity contribution in [3.8, 4) is 33.3 Å². The molecule has 0 amide bonds. The van der Waals surface area contributed by atoms with Gasteiger partial charge in [-0.05, 0) is 0 Å². The fraction of sp³-hybridized carbons (Fsp3) is 0.250. The van der Waals surface area contributed by atoms with Crippen LogP contribution in [0.4, 0.5) is 0 Å². The zero-order valence-electron chi connectivity index (χ0n) is 5.82. The van der Waals surface area contributed by atoms with Crippen LogP contribution in [0.3, 0.4) is 0 Å². The van der Waals surface area contributed by atoms with Crippen molar-refractivity contribution in [2.45, 2.75) is 11.6 Å². The van der Waals surface area contributed by atoms with E-state index in [0.717, 1.165) is 0 Å². The Morgan fingerprint density at radius 3 is 1.40 bits per heavy atom. The summed E-state index contributed by atoms with van der Waals surface area (Å²) in [7, 11) is 0. The number of hydrogen-bond acceptors (Lipinski definition) is 0. The van der Waals surface area contributed by atoms with Crippen LogP contribution in [0.2, 0.25) is 11.6 Å². The first-order valence-corrected chi connectivity index (χ1v) is 7.61. The summed E-state index contributed by atoms with van der Waals surface area (Å²) >= 11 is 0.827. The van der Waals surface area contributed by atoms with E-state index in [9.17, 15) is 0 Å². The molecule has 0 spiro atoms. The van der Waals surface area contributed by atoms with Crippen molar-refractivity contribution in [2.75, 3.05) is 0 Å². The van der Waals surface area contributed by atoms with Crippen LogP contribution in [0.1, 0.15) is 0 Å². The van der Waals surface area contributed by atoms with Crippen molar-refractivity contribution in [3.05, 3.63) is 0 Å². The Morgan fingerprint density at radius 2 is 1.10 bits per heavy atom. The Kier molecular flexibility index (Phi) is 8.47. The molecule has 50 valence electrons. The second kappa shape index (κ2) is 8.72. The summed E-state index contributed by atoms with van der Waals surface area (Å²) in [6, 6.07) is 0. The molecule has 0 nitrogen and oxygen atoms in total. The molecule has 0 aromatic heterocycles. The van der Waals surface area contributed by atoms with Gasteiger partial charge in [0, 0.05) is 0 Å². The van der Waals surface area contributed by atoms with Crippen molar-refractivity contribution in [1.29, 1.82) is 0 Å². The summed E-state index contributed by atoms with van der Waals surface area (Å²) < 4.78 is 0. The summed E-state index contributed by atoms with van der Waals surface area (Å²) in [5.74, 6) is 14.9. The molecule has 0 heterocycles. The second-order valence-electron chi connectivity index (χ2n) is 1.11. The SMILES string of the molecule is C[Se]C#CC#CC#C[Se]C. The number of hydrogen-bond donors (Lipinski definition) is 0. The van der Waals surface area contributed by atoms with Gasteiger partial charge in [0.2, 0.25) is 0 Å². The van der Waals surface area contributed by atoms with Gasteiger partial charge >= 0.3 is 74.9 Å². The van der Waals surface area contributed by atoms with E-state index in [1.54, 1.807) is 0 Å². The molecule has 0 unspecified atom stereocenters. The van der Waals surface area contributed by atoms with Crippen LogP contribution in [0.5, 0.6) is 0 Å². The van der Waals surface area contributed by atoms with E-state index >= 15 is 0 Å². The first-order chi connectivity index (χ1) is 4.91. The Labute approximate surface area is 74.9 Å². The van der Waals surface area contributed by atoms with Gasteiger partial charge in [0.1, 0.15) is 0 Å². The predicted octanol–water partition coefficient (Wildman–Crippen LogP) is 0.416. The van der Waals surface area contributed by atoms with Crippen molar-refractivity contribution in [2.24, 2.45) is 0 Å². The summed E-state index contributed by atoms with van der Waals surface area (Å²) in [5, 5.41) is 0. The van der Waals surface area contributed by atoms with E-state index in [2.05, 4.69) is 45.0 Å². The number of rotatable bonds is 0. The molecule has 0 saturated heterocycles. The van der Waals surface area contributed by atoms with E-state index in [4.69, 9.17) is 0 Å². The van der Waals surface area contributed by atoms with Crippen LogP contribution < -0.4 is 0 Å². The molecule has 0 aromatic rings. The van der Waals surface area contributed by atoms with Crippen LogP contribution in [-0.2, 0) is 0 Å². The van der Waals surface area contributed by atoms with Crippen LogP contribution in [0, 0.1) is 33.3 Å². The van der Waals surface area contributed by atoms with Gasteiger partial charge in [-0.15, -0.1) is 0 Å². The first kappa shape index (κ1) is 9.72. The minimum absolute atomic E-state index is 0.413. The Morgan fingerprint density at radius 1 is 0.700 bits per heavy atom. The van der Waals surface area contributed by atoms with Crippen molar-refractivity contribution < 1.29 is 0 Å². The van der Waals surface area contributed by atoms with Gasteiger partial charge < -0.3 is 0 Å². The average Bonchev–Trinajstić information content (AvgIpc) is 1.97. The topological polar surface area (TPSA) is 0 Å². The molecule has 10 heavy (non-hydrogen) atoms. The van der Waals surface area contributed by atoms with Gasteiger partial charge in [-0.3, -0.25) is 0 Å². The summed E-state index contributed by atoms with van der Waals surface area (Å²) in [4.78, 5) is 5.80. The molecular weight excluding hydrogens is 254 g/mol. The summed E-state index contributed by atoms with van der Waals surface area (Å²) in [5.41, 5.74) is 0. The van der Waals surface area contributed by atoms with Gasteiger partial charge in [0.15, 0.2) is 0 Å². The molecule has 0 N–H and O–H groups in total. The maximum absolute atomic E-state index is 2.90. The third kappa shape index (κ3) is 7.72. The van der Waals surface area contributed by atoms with Crippen molar-refractivity contribution in [3.63, 3.8) is 0 Å². The summed E-state index contributed by atoms with van der Waals surface area (Å²) in [6.07, 6.45) is 0. The molecule has 0 aliphatic carbocycles.